The van der Waals surface area contributed by atoms with Crippen molar-refractivity contribution < 1.29 is 74.9 Å². The van der Waals surface area contributed by atoms with Gasteiger partial charge in [-0.1, -0.05) is 195 Å². The van der Waals surface area contributed by atoms with Crippen LogP contribution in [0.3, 0.4) is 0 Å². The van der Waals surface area contributed by atoms with Gasteiger partial charge < -0.3 is 60.5 Å². The summed E-state index contributed by atoms with van der Waals surface area (Å²) in [5, 5.41) is 105. The van der Waals surface area contributed by atoms with Crippen molar-refractivity contribution in [3.05, 3.63) is 144 Å². The van der Waals surface area contributed by atoms with Crippen LogP contribution in [0.15, 0.2) is 127 Å². The molecule has 6 rings (SSSR count). The van der Waals surface area contributed by atoms with Crippen LogP contribution < -0.4 is 0 Å². The van der Waals surface area contributed by atoms with E-state index in [1.807, 2.05) is 66.7 Å². The summed E-state index contributed by atoms with van der Waals surface area (Å²) < 4.78 is 10.4. The number of aliphatic carboxylic acids is 1. The van der Waals surface area contributed by atoms with E-state index in [9.17, 15) is 60.3 Å². The molecule has 0 heterocycles. The molecular formula is C82H127Br3O15. The lowest BCUT2D eigenvalue weighted by atomic mass is 9.85. The first kappa shape index (κ1) is 90.6. The first-order valence-electron chi connectivity index (χ1n) is 37.8. The standard InChI is InChI=1S/C28H44O5.C27H41BrO5.C23H34O5.C4H8Br2/c1-2-3-11-20-33-28(32)15-10-5-4-9-14-24-25(27(31)21-26(24)30)19-18-23(29)17-16-22-12-7-6-8-13-22;28-18-8-9-19-33-27(32)13-7-2-1-6-12-23-24(26(31)20-25(23)30)17-16-22(29)15-14-21-10-4-3-5-11-21;24-18(13-12-17-8-4-3-5-9-17)14-15-20-19(21(25)16-22(20)26)10-6-1-2-7-11-23(27)28;5-3-1-2-4-6/h4,6-9,12-13,23-27,29-31H,2-3,5,10-11,14-21H2,1H3;1,3-6,10-11,22-26,29-31H,2,7-9,12-20H2;1,3-6,8-9,18-22,24-26H,2,7,10-16H2,(H,27,28);1-4H2/b9-4-;2*6-1-;/t23-,24+,25+,26-,27+;22-,23+,24+,25-,26+;18-,19+,20+,21-,22+;/m000./s1. The summed E-state index contributed by atoms with van der Waals surface area (Å²) in [5.74, 6) is -1.03. The van der Waals surface area contributed by atoms with Crippen LogP contribution in [0.2, 0.25) is 0 Å². The summed E-state index contributed by atoms with van der Waals surface area (Å²) in [6.07, 6.45) is 32.9. The number of aryl methyl sites for hydroxylation is 3. The maximum absolute atomic E-state index is 11.7. The first-order chi connectivity index (χ1) is 48.4. The van der Waals surface area contributed by atoms with Gasteiger partial charge in [-0.3, -0.25) is 14.4 Å². The fourth-order valence-corrected chi connectivity index (χ4v) is 14.9. The molecule has 0 saturated heterocycles. The van der Waals surface area contributed by atoms with Crippen molar-refractivity contribution in [2.45, 2.75) is 280 Å². The van der Waals surface area contributed by atoms with Crippen LogP contribution >= 0.6 is 47.8 Å². The molecule has 3 saturated carbocycles. The summed E-state index contributed by atoms with van der Waals surface area (Å²) in [6.45, 7) is 3.13. The molecule has 18 heteroatoms. The third kappa shape index (κ3) is 41.8. The lowest BCUT2D eigenvalue weighted by molar-refractivity contribution is -0.144. The number of hydrogen-bond donors (Lipinski definition) is 10. The molecule has 0 bridgehead atoms. The van der Waals surface area contributed by atoms with Crippen molar-refractivity contribution >= 4 is 65.7 Å². The number of carboxylic acids is 1. The van der Waals surface area contributed by atoms with Crippen molar-refractivity contribution in [3.8, 4) is 0 Å². The number of allylic oxidation sites excluding steroid dienone is 6. The Morgan fingerprint density at radius 3 is 0.990 bits per heavy atom. The molecule has 15 nitrogen and oxygen atoms in total. The Labute approximate surface area is 625 Å². The minimum Gasteiger partial charge on any atom is -0.481 e. The highest BCUT2D eigenvalue weighted by Crippen LogP contribution is 2.41. The Bertz CT molecular complexity index is 2460. The van der Waals surface area contributed by atoms with Crippen LogP contribution in [0, 0.1) is 35.5 Å². The van der Waals surface area contributed by atoms with Gasteiger partial charge in [0.2, 0.25) is 0 Å². The quantitative estimate of drug-likeness (QED) is 0.0109. The van der Waals surface area contributed by atoms with Gasteiger partial charge in [-0.2, -0.15) is 0 Å². The van der Waals surface area contributed by atoms with E-state index in [1.54, 1.807) is 0 Å². The molecule has 10 N–H and O–H groups in total. The van der Waals surface area contributed by atoms with Crippen molar-refractivity contribution in [2.75, 3.05) is 29.2 Å². The number of esters is 2. The zero-order valence-corrected chi connectivity index (χ0v) is 64.8. The SMILES string of the molecule is BrCCCCBr.CCCCCOC(=O)CCC/C=C\C[C@@H]1[C@@H](CC[C@@H](O)CCc2ccccc2)[C@H](O)C[C@@H]1O.O=C(CCC/C=C\C[C@@H]1[C@@H](CC[C@@H](O)CCc2ccccc2)[C@H](O)C[C@@H]1O)OCCCCBr.O=C(O)CCC/C=C\C[C@@H]1[C@@H](CC[C@@H](O)CCc2ccccc2)[C@H](O)C[C@@H]1O. The summed E-state index contributed by atoms with van der Waals surface area (Å²) >= 11 is 10.0. The minimum atomic E-state index is -0.784. The smallest absolute Gasteiger partial charge is 0.305 e. The third-order valence-electron chi connectivity index (χ3n) is 19.7. The van der Waals surface area contributed by atoms with Gasteiger partial charge in [0.05, 0.1) is 68.1 Å². The number of hydrogen-bond acceptors (Lipinski definition) is 14. The van der Waals surface area contributed by atoms with Crippen molar-refractivity contribution in [3.63, 3.8) is 0 Å². The van der Waals surface area contributed by atoms with Crippen LogP contribution in [0.4, 0.5) is 0 Å². The van der Waals surface area contributed by atoms with Crippen molar-refractivity contribution in [2.24, 2.45) is 35.5 Å². The molecule has 3 aromatic carbocycles. The van der Waals surface area contributed by atoms with Gasteiger partial charge in [0, 0.05) is 35.3 Å². The maximum atomic E-state index is 11.7. The van der Waals surface area contributed by atoms with Crippen molar-refractivity contribution in [1.29, 1.82) is 0 Å². The predicted octanol–water partition coefficient (Wildman–Crippen LogP) is 15.8. The highest BCUT2D eigenvalue weighted by atomic mass is 79.9. The number of unbranched alkanes of at least 4 members (excludes halogenated alkanes) is 7. The monoisotopic (exact) mass is 1590 g/mol. The zero-order valence-electron chi connectivity index (χ0n) is 60.0. The maximum Gasteiger partial charge on any atom is 0.305 e. The van der Waals surface area contributed by atoms with Gasteiger partial charge in [-0.15, -0.1) is 0 Å². The molecule has 15 atom stereocenters. The van der Waals surface area contributed by atoms with E-state index in [4.69, 9.17) is 14.6 Å². The molecule has 0 radical (unpaired) electrons. The highest BCUT2D eigenvalue weighted by molar-refractivity contribution is 9.09. The van der Waals surface area contributed by atoms with E-state index in [-0.39, 0.29) is 53.9 Å². The molecule has 100 heavy (non-hydrogen) atoms. The van der Waals surface area contributed by atoms with Crippen LogP contribution in [-0.4, -0.2) is 153 Å². The summed E-state index contributed by atoms with van der Waals surface area (Å²) in [6, 6.07) is 30.4. The predicted molar refractivity (Wildman–Crippen MR) is 413 cm³/mol. The number of benzene rings is 3. The summed E-state index contributed by atoms with van der Waals surface area (Å²) in [7, 11) is 0. The van der Waals surface area contributed by atoms with Crippen molar-refractivity contribution in [1.82, 2.24) is 0 Å². The average molecular weight is 1590 g/mol. The number of carbonyl (C=O) groups is 3. The summed E-state index contributed by atoms with van der Waals surface area (Å²) in [4.78, 5) is 33.9. The topological polar surface area (TPSA) is 272 Å². The Kier molecular flexibility index (Phi) is 52.2. The molecule has 0 unspecified atom stereocenters. The lowest BCUT2D eigenvalue weighted by Crippen LogP contribution is -2.23. The number of alkyl halides is 3. The Morgan fingerprint density at radius 2 is 0.690 bits per heavy atom. The van der Waals surface area contributed by atoms with Gasteiger partial charge in [0.25, 0.3) is 0 Å². The number of halogens is 3. The lowest BCUT2D eigenvalue weighted by Gasteiger charge is -2.23. The molecule has 3 fully saturated rings. The molecule has 3 aromatic rings. The van der Waals surface area contributed by atoms with Gasteiger partial charge in [0.1, 0.15) is 0 Å². The molecular weight excluding hydrogens is 1460 g/mol. The third-order valence-corrected chi connectivity index (χ3v) is 21.4. The Balaban J connectivity index is 0.000000375. The fourth-order valence-electron chi connectivity index (χ4n) is 13.7. The molecule has 0 aliphatic heterocycles. The second-order valence-electron chi connectivity index (χ2n) is 27.7. The van der Waals surface area contributed by atoms with E-state index in [1.165, 1.54) is 29.5 Å². The van der Waals surface area contributed by atoms with Gasteiger partial charge in [0.15, 0.2) is 0 Å². The summed E-state index contributed by atoms with van der Waals surface area (Å²) in [5.41, 5.74) is 3.66. The van der Waals surface area contributed by atoms with Crippen LogP contribution in [0.25, 0.3) is 0 Å². The van der Waals surface area contributed by atoms with Crippen LogP contribution in [0.5, 0.6) is 0 Å². The van der Waals surface area contributed by atoms with Gasteiger partial charge >= 0.3 is 17.9 Å². The minimum absolute atomic E-state index is 0.00511. The average Bonchev–Trinajstić information content (AvgIpc) is 1.71. The van der Waals surface area contributed by atoms with Crippen LogP contribution in [-0.2, 0) is 43.1 Å². The number of carbonyl (C=O) groups excluding carboxylic acids is 2. The fraction of sp³-hybridized carbons (Fsp3) is 0.671. The second kappa shape index (κ2) is 57.7. The van der Waals surface area contributed by atoms with E-state index in [2.05, 4.69) is 115 Å². The van der Waals surface area contributed by atoms with E-state index >= 15 is 0 Å². The van der Waals surface area contributed by atoms with E-state index in [0.717, 1.165) is 99.5 Å². The number of aliphatic hydroxyl groups excluding tert-OH is 9. The highest BCUT2D eigenvalue weighted by Gasteiger charge is 2.43. The number of aliphatic hydroxyl groups is 9. The number of carboxylic acid groups (broad SMARTS) is 1. The Hall–Kier alpha value is -3.63. The number of ether oxygens (including phenoxy) is 2. The molecule has 0 spiro atoms. The van der Waals surface area contributed by atoms with Crippen LogP contribution in [0.1, 0.15) is 223 Å². The molecule has 0 aromatic heterocycles. The van der Waals surface area contributed by atoms with Gasteiger partial charge in [-0.25, -0.2) is 0 Å². The first-order valence-corrected chi connectivity index (χ1v) is 41.2. The molecule has 3 aliphatic rings. The molecule has 0 amide bonds. The molecule has 3 aliphatic carbocycles. The second-order valence-corrected chi connectivity index (χ2v) is 30.1. The van der Waals surface area contributed by atoms with E-state index in [0.29, 0.717) is 129 Å². The largest absolute Gasteiger partial charge is 0.481 e. The normalized spacial score (nSPS) is 23.5. The zero-order chi connectivity index (χ0) is 73.0. The number of rotatable bonds is 47. The van der Waals surface area contributed by atoms with Gasteiger partial charge in [-0.05, 0) is 238 Å². The Morgan fingerprint density at radius 1 is 0.400 bits per heavy atom. The van der Waals surface area contributed by atoms with E-state index < -0.39 is 60.9 Å². The molecule has 566 valence electrons.